The first-order valence-corrected chi connectivity index (χ1v) is 14.9. The van der Waals surface area contributed by atoms with Crippen molar-refractivity contribution in [2.75, 3.05) is 32.7 Å². The quantitative estimate of drug-likeness (QED) is 0.474. The average Bonchev–Trinajstić information content (AvgIpc) is 3.50. The largest absolute Gasteiger partial charge is 0.465 e. The van der Waals surface area contributed by atoms with Crippen molar-refractivity contribution in [3.05, 3.63) is 94.9 Å². The molecule has 0 radical (unpaired) electrons. The first-order chi connectivity index (χ1) is 20.3. The second-order valence-electron chi connectivity index (χ2n) is 12.1. The molecule has 6 rings (SSSR count). The Balaban J connectivity index is 1.23. The zero-order valence-corrected chi connectivity index (χ0v) is 23.8. The van der Waals surface area contributed by atoms with Gasteiger partial charge in [-0.2, -0.15) is 0 Å². The summed E-state index contributed by atoms with van der Waals surface area (Å²) in [5, 5.41) is 21.9. The van der Waals surface area contributed by atoms with Crippen LogP contribution in [0.5, 0.6) is 0 Å². The third-order valence-corrected chi connectivity index (χ3v) is 9.72. The van der Waals surface area contributed by atoms with Crippen LogP contribution in [0.2, 0.25) is 0 Å². The van der Waals surface area contributed by atoms with E-state index in [2.05, 4.69) is 0 Å². The molecule has 2 saturated heterocycles. The van der Waals surface area contributed by atoms with Crippen molar-refractivity contribution in [1.82, 2.24) is 19.3 Å². The molecule has 3 aliphatic rings. The number of aliphatic hydroxyl groups is 1. The summed E-state index contributed by atoms with van der Waals surface area (Å²) in [5.41, 5.74) is 0.925. The van der Waals surface area contributed by atoms with Crippen LogP contribution in [0.4, 0.5) is 9.59 Å². The highest BCUT2D eigenvalue weighted by Crippen LogP contribution is 2.52. The van der Waals surface area contributed by atoms with Crippen molar-refractivity contribution >= 4 is 12.1 Å². The van der Waals surface area contributed by atoms with Crippen LogP contribution in [-0.2, 0) is 6.54 Å². The molecule has 1 aliphatic carbocycles. The third kappa shape index (κ3) is 5.17. The Bertz CT molecular complexity index is 1490. The zero-order valence-electron chi connectivity index (χ0n) is 23.8. The molecule has 1 saturated carbocycles. The van der Waals surface area contributed by atoms with Crippen LogP contribution >= 0.6 is 0 Å². The Labute approximate surface area is 245 Å². The van der Waals surface area contributed by atoms with Gasteiger partial charge in [0, 0.05) is 50.4 Å². The van der Waals surface area contributed by atoms with E-state index in [1.165, 1.54) is 4.90 Å². The molecule has 9 heteroatoms. The number of carbonyl (C=O) groups is 2. The first kappa shape index (κ1) is 28.0. The highest BCUT2D eigenvalue weighted by Gasteiger charge is 2.56. The Morgan fingerprint density at radius 2 is 1.52 bits per heavy atom. The zero-order chi connectivity index (χ0) is 29.3. The van der Waals surface area contributed by atoms with E-state index < -0.39 is 17.1 Å². The molecule has 3 heterocycles. The van der Waals surface area contributed by atoms with Crippen molar-refractivity contribution in [2.24, 2.45) is 5.41 Å². The summed E-state index contributed by atoms with van der Waals surface area (Å²) in [6.07, 6.45) is 4.68. The third-order valence-electron chi connectivity index (χ3n) is 9.72. The van der Waals surface area contributed by atoms with Crippen LogP contribution in [0.3, 0.4) is 0 Å². The minimum Gasteiger partial charge on any atom is -0.465 e. The van der Waals surface area contributed by atoms with E-state index >= 15 is 0 Å². The maximum absolute atomic E-state index is 14.1. The van der Waals surface area contributed by atoms with Gasteiger partial charge in [0.2, 0.25) is 0 Å². The summed E-state index contributed by atoms with van der Waals surface area (Å²) in [6, 6.07) is 22.4. The van der Waals surface area contributed by atoms with Crippen molar-refractivity contribution in [3.63, 3.8) is 0 Å². The number of amides is 3. The van der Waals surface area contributed by atoms with Crippen LogP contribution < -0.4 is 5.56 Å². The molecule has 3 amide bonds. The number of hydrogen-bond acceptors (Lipinski definition) is 4. The van der Waals surface area contributed by atoms with Crippen LogP contribution in [0.1, 0.15) is 43.7 Å². The summed E-state index contributed by atoms with van der Waals surface area (Å²) in [5.74, 6) is 0. The van der Waals surface area contributed by atoms with Gasteiger partial charge in [-0.05, 0) is 42.0 Å². The van der Waals surface area contributed by atoms with Gasteiger partial charge in [-0.25, -0.2) is 9.59 Å². The smallest absolute Gasteiger partial charge is 0.407 e. The van der Waals surface area contributed by atoms with Crippen LogP contribution in [0, 0.1) is 5.41 Å². The number of hydrogen-bond donors (Lipinski definition) is 2. The fourth-order valence-electron chi connectivity index (χ4n) is 7.32. The van der Waals surface area contributed by atoms with Gasteiger partial charge in [0.1, 0.15) is 0 Å². The van der Waals surface area contributed by atoms with Gasteiger partial charge in [0.15, 0.2) is 0 Å². The summed E-state index contributed by atoms with van der Waals surface area (Å²) in [6.45, 7) is 1.76. The molecule has 2 atom stereocenters. The number of carbonyl (C=O) groups excluding carboxylic acids is 1. The molecule has 3 fully saturated rings. The molecule has 0 unspecified atom stereocenters. The molecule has 2 aliphatic heterocycles. The minimum atomic E-state index is -1.13. The Morgan fingerprint density at radius 1 is 0.833 bits per heavy atom. The molecule has 9 nitrogen and oxygen atoms in total. The summed E-state index contributed by atoms with van der Waals surface area (Å²) < 4.78 is 1.61. The fraction of sp³-hybridized carbons (Fsp3) is 0.424. The molecule has 42 heavy (non-hydrogen) atoms. The summed E-state index contributed by atoms with van der Waals surface area (Å²) in [7, 11) is 0. The first-order valence-electron chi connectivity index (χ1n) is 14.9. The van der Waals surface area contributed by atoms with Gasteiger partial charge in [-0.1, -0.05) is 73.5 Å². The molecular formula is C33H38N4O5. The van der Waals surface area contributed by atoms with Crippen molar-refractivity contribution in [1.29, 1.82) is 0 Å². The average molecular weight is 571 g/mol. The second-order valence-corrected chi connectivity index (χ2v) is 12.1. The Kier molecular flexibility index (Phi) is 7.53. The number of likely N-dealkylation sites (tertiary alicyclic amines) is 1. The van der Waals surface area contributed by atoms with Gasteiger partial charge in [0.05, 0.1) is 18.2 Å². The highest BCUT2D eigenvalue weighted by molar-refractivity contribution is 5.76. The van der Waals surface area contributed by atoms with Crippen molar-refractivity contribution in [3.8, 4) is 11.1 Å². The molecule has 2 N–H and O–H groups in total. The normalized spacial score (nSPS) is 23.7. The van der Waals surface area contributed by atoms with Crippen LogP contribution in [0.25, 0.3) is 11.1 Å². The predicted molar refractivity (Wildman–Crippen MR) is 159 cm³/mol. The fourth-order valence-corrected chi connectivity index (χ4v) is 7.32. The predicted octanol–water partition coefficient (Wildman–Crippen LogP) is 4.67. The standard InChI is InChI=1S/C33H38N4O5/c38-29-21-27(25-9-3-1-4-10-25)13-17-35(29)24-33(42)16-18-36(23-32(33)14-7-8-15-32)30(39)37-20-19-34(31(40)41)22-28(37)26-11-5-2-6-12-26/h1-6,9-13,17,21,28,42H,7-8,14-16,18-20,22-24H2,(H,40,41)/t28-,33+/m0/s1. The van der Waals surface area contributed by atoms with E-state index in [-0.39, 0.29) is 37.3 Å². The maximum Gasteiger partial charge on any atom is 0.407 e. The molecule has 0 bridgehead atoms. The number of urea groups is 1. The van der Waals surface area contributed by atoms with Crippen LogP contribution in [-0.4, -0.2) is 79.9 Å². The molecule has 3 aromatic rings. The number of piperazine rings is 1. The lowest BCUT2D eigenvalue weighted by atomic mass is 9.66. The lowest BCUT2D eigenvalue weighted by molar-refractivity contribution is -0.137. The SMILES string of the molecule is O=C(O)N1CCN(C(=O)N2CC[C@@](O)(Cn3ccc(-c4ccccc4)cc3=O)C3(CCCC3)C2)[C@H](c2ccccc2)C1. The lowest BCUT2D eigenvalue weighted by Gasteiger charge is -2.53. The Hall–Kier alpha value is -4.11. The molecular weight excluding hydrogens is 532 g/mol. The van der Waals surface area contributed by atoms with E-state index in [0.717, 1.165) is 42.4 Å². The number of piperidine rings is 1. The van der Waals surface area contributed by atoms with E-state index in [0.29, 0.717) is 26.1 Å². The van der Waals surface area contributed by atoms with Gasteiger partial charge >= 0.3 is 12.1 Å². The Morgan fingerprint density at radius 3 is 2.19 bits per heavy atom. The van der Waals surface area contributed by atoms with Gasteiger partial charge in [-0.3, -0.25) is 4.79 Å². The molecule has 1 aromatic heterocycles. The molecule has 220 valence electrons. The highest BCUT2D eigenvalue weighted by atomic mass is 16.4. The van der Waals surface area contributed by atoms with E-state index in [9.17, 15) is 24.6 Å². The van der Waals surface area contributed by atoms with Gasteiger partial charge in [-0.15, -0.1) is 0 Å². The summed E-state index contributed by atoms with van der Waals surface area (Å²) >= 11 is 0. The van der Waals surface area contributed by atoms with Gasteiger partial charge in [0.25, 0.3) is 5.56 Å². The minimum absolute atomic E-state index is 0.119. The lowest BCUT2D eigenvalue weighted by Crippen LogP contribution is -2.64. The van der Waals surface area contributed by atoms with Gasteiger partial charge < -0.3 is 29.5 Å². The number of carboxylic acid groups (broad SMARTS) is 1. The molecule has 2 aromatic carbocycles. The number of benzene rings is 2. The topological polar surface area (TPSA) is 106 Å². The number of rotatable bonds is 4. The van der Waals surface area contributed by atoms with E-state index in [4.69, 9.17) is 0 Å². The van der Waals surface area contributed by atoms with Crippen LogP contribution in [0.15, 0.2) is 83.8 Å². The van der Waals surface area contributed by atoms with E-state index in [1.54, 1.807) is 21.7 Å². The maximum atomic E-state index is 14.1. The monoisotopic (exact) mass is 570 g/mol. The number of nitrogens with zero attached hydrogens (tertiary/aromatic N) is 4. The summed E-state index contributed by atoms with van der Waals surface area (Å²) in [4.78, 5) is 44.1. The number of pyridine rings is 1. The van der Waals surface area contributed by atoms with Crippen molar-refractivity contribution in [2.45, 2.75) is 50.3 Å². The molecule has 1 spiro atoms. The van der Waals surface area contributed by atoms with Crippen molar-refractivity contribution < 1.29 is 19.8 Å². The second kappa shape index (κ2) is 11.3. The number of aromatic nitrogens is 1. The van der Waals surface area contributed by atoms with E-state index in [1.807, 2.05) is 71.6 Å².